The van der Waals surface area contributed by atoms with Crippen LogP contribution in [0.3, 0.4) is 0 Å². The number of likely N-dealkylation sites (tertiary alicyclic amines) is 1. The average molecular weight is 356 g/mol. The van der Waals surface area contributed by atoms with E-state index in [2.05, 4.69) is 10.4 Å². The number of aromatic nitrogens is 2. The zero-order valence-corrected chi connectivity index (χ0v) is 15.1. The van der Waals surface area contributed by atoms with Gasteiger partial charge in [0.05, 0.1) is 12.2 Å². The van der Waals surface area contributed by atoms with E-state index in [0.717, 1.165) is 17.7 Å². The molecule has 1 aliphatic rings. The van der Waals surface area contributed by atoms with Crippen molar-refractivity contribution >= 4 is 17.7 Å². The first kappa shape index (κ1) is 18.1. The van der Waals surface area contributed by atoms with E-state index in [1.54, 1.807) is 11.7 Å². The topological polar surface area (TPSA) is 76.5 Å². The molecule has 1 saturated heterocycles. The Balaban J connectivity index is 1.53. The van der Waals surface area contributed by atoms with Crippen LogP contribution in [0, 0.1) is 6.92 Å². The molecule has 1 unspecified atom stereocenters. The second kappa shape index (κ2) is 8.14. The van der Waals surface area contributed by atoms with Gasteiger partial charge in [0.2, 0.25) is 5.91 Å². The summed E-state index contributed by atoms with van der Waals surface area (Å²) in [5.74, 6) is 0.223. The smallest absolute Gasteiger partial charge is 0.323 e. The molecule has 7 nitrogen and oxygen atoms in total. The van der Waals surface area contributed by atoms with Crippen LogP contribution in [-0.2, 0) is 28.0 Å². The Morgan fingerprint density at radius 2 is 2.08 bits per heavy atom. The van der Waals surface area contributed by atoms with E-state index in [-0.39, 0.29) is 31.1 Å². The maximum absolute atomic E-state index is 12.4. The SMILES string of the molecule is Cc1cc(NC(=O)CN2CCCC2C(=O)OCc2ccccc2)n(C)n1. The number of hydrogen-bond donors (Lipinski definition) is 1. The van der Waals surface area contributed by atoms with Crippen molar-refractivity contribution in [2.24, 2.45) is 7.05 Å². The Morgan fingerprint density at radius 1 is 1.31 bits per heavy atom. The lowest BCUT2D eigenvalue weighted by molar-refractivity contribution is -0.150. The van der Waals surface area contributed by atoms with Crippen molar-refractivity contribution in [3.8, 4) is 0 Å². The molecular formula is C19H24N4O3. The van der Waals surface area contributed by atoms with Gasteiger partial charge in [0.15, 0.2) is 0 Å². The fourth-order valence-corrected chi connectivity index (χ4v) is 3.20. The summed E-state index contributed by atoms with van der Waals surface area (Å²) in [6.07, 6.45) is 1.59. The van der Waals surface area contributed by atoms with Crippen LogP contribution in [0.25, 0.3) is 0 Å². The number of aryl methyl sites for hydroxylation is 2. The minimum absolute atomic E-state index is 0.157. The molecule has 0 saturated carbocycles. The van der Waals surface area contributed by atoms with E-state index in [4.69, 9.17) is 4.74 Å². The van der Waals surface area contributed by atoms with E-state index in [1.165, 1.54) is 0 Å². The lowest BCUT2D eigenvalue weighted by Gasteiger charge is -2.22. The molecule has 1 N–H and O–H groups in total. The van der Waals surface area contributed by atoms with Crippen LogP contribution in [0.1, 0.15) is 24.1 Å². The highest BCUT2D eigenvalue weighted by atomic mass is 16.5. The van der Waals surface area contributed by atoms with Crippen molar-refractivity contribution in [3.63, 3.8) is 0 Å². The van der Waals surface area contributed by atoms with Gasteiger partial charge in [-0.3, -0.25) is 19.2 Å². The number of carbonyl (C=O) groups excluding carboxylic acids is 2. The van der Waals surface area contributed by atoms with E-state index in [1.807, 2.05) is 48.2 Å². The number of benzene rings is 1. The Morgan fingerprint density at radius 3 is 2.77 bits per heavy atom. The van der Waals surface area contributed by atoms with Crippen molar-refractivity contribution in [2.75, 3.05) is 18.4 Å². The molecular weight excluding hydrogens is 332 g/mol. The summed E-state index contributed by atoms with van der Waals surface area (Å²) in [6.45, 7) is 3.00. The van der Waals surface area contributed by atoms with Gasteiger partial charge >= 0.3 is 5.97 Å². The van der Waals surface area contributed by atoms with Gasteiger partial charge in [0, 0.05) is 13.1 Å². The molecule has 1 atom stereocenters. The quantitative estimate of drug-likeness (QED) is 0.800. The van der Waals surface area contributed by atoms with E-state index in [0.29, 0.717) is 18.8 Å². The molecule has 1 amide bonds. The van der Waals surface area contributed by atoms with Gasteiger partial charge in [-0.2, -0.15) is 5.10 Å². The van der Waals surface area contributed by atoms with Gasteiger partial charge in [0.1, 0.15) is 18.5 Å². The summed E-state index contributed by atoms with van der Waals surface area (Å²) in [7, 11) is 1.78. The van der Waals surface area contributed by atoms with Gasteiger partial charge in [0.25, 0.3) is 0 Å². The number of nitrogens with one attached hydrogen (secondary N) is 1. The third kappa shape index (κ3) is 4.49. The lowest BCUT2D eigenvalue weighted by Crippen LogP contribution is -2.41. The molecule has 3 rings (SSSR count). The highest BCUT2D eigenvalue weighted by Crippen LogP contribution is 2.19. The second-order valence-electron chi connectivity index (χ2n) is 6.56. The van der Waals surface area contributed by atoms with E-state index < -0.39 is 0 Å². The highest BCUT2D eigenvalue weighted by molar-refractivity contribution is 5.92. The van der Waals surface area contributed by atoms with Crippen LogP contribution in [-0.4, -0.2) is 45.7 Å². The molecule has 0 bridgehead atoms. The Hall–Kier alpha value is -2.67. The largest absolute Gasteiger partial charge is 0.460 e. The molecule has 138 valence electrons. The maximum atomic E-state index is 12.4. The van der Waals surface area contributed by atoms with Crippen molar-refractivity contribution in [2.45, 2.75) is 32.4 Å². The number of rotatable bonds is 6. The molecule has 1 fully saturated rings. The van der Waals surface area contributed by atoms with Gasteiger partial charge in [-0.1, -0.05) is 30.3 Å². The van der Waals surface area contributed by atoms with Crippen LogP contribution in [0.15, 0.2) is 36.4 Å². The standard InChI is InChI=1S/C19H24N4O3/c1-14-11-17(22(2)21-14)20-18(24)12-23-10-6-9-16(23)19(25)26-13-15-7-4-3-5-8-15/h3-5,7-8,11,16H,6,9-10,12-13H2,1-2H3,(H,20,24). The number of esters is 1. The molecule has 0 radical (unpaired) electrons. The normalized spacial score (nSPS) is 17.2. The van der Waals surface area contributed by atoms with Crippen LogP contribution >= 0.6 is 0 Å². The predicted molar refractivity (Wildman–Crippen MR) is 97.4 cm³/mol. The van der Waals surface area contributed by atoms with Crippen molar-refractivity contribution in [3.05, 3.63) is 47.7 Å². The van der Waals surface area contributed by atoms with Crippen LogP contribution in [0.4, 0.5) is 5.82 Å². The molecule has 7 heteroatoms. The minimum atomic E-state index is -0.363. The minimum Gasteiger partial charge on any atom is -0.460 e. The average Bonchev–Trinajstić information content (AvgIpc) is 3.20. The summed E-state index contributed by atoms with van der Waals surface area (Å²) in [5, 5.41) is 7.05. The Labute approximate surface area is 152 Å². The molecule has 0 spiro atoms. The summed E-state index contributed by atoms with van der Waals surface area (Å²) < 4.78 is 7.07. The summed E-state index contributed by atoms with van der Waals surface area (Å²) >= 11 is 0. The van der Waals surface area contributed by atoms with Crippen LogP contribution < -0.4 is 5.32 Å². The first-order valence-electron chi connectivity index (χ1n) is 8.78. The molecule has 1 aliphatic heterocycles. The lowest BCUT2D eigenvalue weighted by atomic mass is 10.2. The van der Waals surface area contributed by atoms with E-state index in [9.17, 15) is 9.59 Å². The second-order valence-corrected chi connectivity index (χ2v) is 6.56. The van der Waals surface area contributed by atoms with Gasteiger partial charge < -0.3 is 10.1 Å². The van der Waals surface area contributed by atoms with Crippen molar-refractivity contribution < 1.29 is 14.3 Å². The summed E-state index contributed by atoms with van der Waals surface area (Å²) in [6, 6.07) is 11.0. The number of ether oxygens (including phenoxy) is 1. The van der Waals surface area contributed by atoms with Crippen LogP contribution in [0.5, 0.6) is 0 Å². The third-order valence-electron chi connectivity index (χ3n) is 4.48. The van der Waals surface area contributed by atoms with Gasteiger partial charge in [-0.25, -0.2) is 0 Å². The zero-order chi connectivity index (χ0) is 18.5. The van der Waals surface area contributed by atoms with Gasteiger partial charge in [-0.05, 0) is 31.9 Å². The number of anilines is 1. The first-order chi connectivity index (χ1) is 12.5. The number of amides is 1. The molecule has 26 heavy (non-hydrogen) atoms. The fraction of sp³-hybridized carbons (Fsp3) is 0.421. The first-order valence-corrected chi connectivity index (χ1v) is 8.78. The number of carbonyl (C=O) groups is 2. The highest BCUT2D eigenvalue weighted by Gasteiger charge is 2.33. The number of nitrogens with zero attached hydrogens (tertiary/aromatic N) is 3. The maximum Gasteiger partial charge on any atom is 0.323 e. The fourth-order valence-electron chi connectivity index (χ4n) is 3.20. The molecule has 0 aliphatic carbocycles. The molecule has 2 heterocycles. The van der Waals surface area contributed by atoms with Crippen molar-refractivity contribution in [1.29, 1.82) is 0 Å². The summed E-state index contributed by atoms with van der Waals surface area (Å²) in [4.78, 5) is 26.6. The van der Waals surface area contributed by atoms with Crippen molar-refractivity contribution in [1.82, 2.24) is 14.7 Å². The molecule has 1 aromatic carbocycles. The molecule has 2 aromatic rings. The Bertz CT molecular complexity index is 772. The molecule has 1 aromatic heterocycles. The number of hydrogen-bond acceptors (Lipinski definition) is 5. The Kier molecular flexibility index (Phi) is 5.68. The summed E-state index contributed by atoms with van der Waals surface area (Å²) in [5.41, 5.74) is 1.79. The third-order valence-corrected chi connectivity index (χ3v) is 4.48. The van der Waals surface area contributed by atoms with Crippen LogP contribution in [0.2, 0.25) is 0 Å². The van der Waals surface area contributed by atoms with Gasteiger partial charge in [-0.15, -0.1) is 0 Å². The monoisotopic (exact) mass is 356 g/mol. The predicted octanol–water partition coefficient (Wildman–Crippen LogP) is 1.87. The van der Waals surface area contributed by atoms with E-state index >= 15 is 0 Å². The zero-order valence-electron chi connectivity index (χ0n) is 15.1.